The number of hydrogen-bond donors (Lipinski definition) is 0. The second-order valence-electron chi connectivity index (χ2n) is 7.06. The minimum absolute atomic E-state index is 0.246. The van der Waals surface area contributed by atoms with Crippen molar-refractivity contribution in [2.24, 2.45) is 0 Å². The van der Waals surface area contributed by atoms with E-state index in [1.165, 1.54) is 48.4 Å². The highest BCUT2D eigenvalue weighted by Crippen LogP contribution is 2.44. The molecule has 0 N–H and O–H groups in total. The molecule has 2 aromatic carbocycles. The molecular formula is C21H25ClO2. The van der Waals surface area contributed by atoms with E-state index in [4.69, 9.17) is 21.1 Å². The Morgan fingerprint density at radius 3 is 2.29 bits per heavy atom. The molecule has 1 aliphatic heterocycles. The van der Waals surface area contributed by atoms with Crippen molar-refractivity contribution in [2.45, 2.75) is 56.1 Å². The van der Waals surface area contributed by atoms with Crippen LogP contribution in [0.25, 0.3) is 10.8 Å². The first-order valence-electron chi connectivity index (χ1n) is 9.16. The number of alkyl halides is 1. The number of rotatable bonds is 3. The topological polar surface area (TPSA) is 18.5 Å². The smallest absolute Gasteiger partial charge is 0.212 e. The maximum atomic E-state index is 6.51. The summed E-state index contributed by atoms with van der Waals surface area (Å²) in [5.41, 5.74) is 2.54. The van der Waals surface area contributed by atoms with Gasteiger partial charge in [-0.15, -0.1) is 11.6 Å². The first-order valence-corrected chi connectivity index (χ1v) is 9.60. The van der Waals surface area contributed by atoms with Crippen LogP contribution in [-0.2, 0) is 15.3 Å². The Balaban J connectivity index is 1.87. The zero-order chi connectivity index (χ0) is 16.6. The highest BCUT2D eigenvalue weighted by atomic mass is 35.5. The molecule has 2 fully saturated rings. The fourth-order valence-electron chi connectivity index (χ4n) is 4.42. The highest BCUT2D eigenvalue weighted by molar-refractivity contribution is 6.21. The maximum Gasteiger partial charge on any atom is 0.212 e. The fraction of sp³-hybridized carbons (Fsp3) is 0.524. The lowest BCUT2D eigenvalue weighted by molar-refractivity contribution is -0.163. The molecule has 4 rings (SSSR count). The summed E-state index contributed by atoms with van der Waals surface area (Å²) >= 11 is 6.51. The summed E-state index contributed by atoms with van der Waals surface area (Å²) in [6, 6.07) is 13.1. The van der Waals surface area contributed by atoms with Gasteiger partial charge in [0.05, 0.1) is 18.6 Å². The lowest BCUT2D eigenvalue weighted by Gasteiger charge is -2.32. The van der Waals surface area contributed by atoms with E-state index >= 15 is 0 Å². The van der Waals surface area contributed by atoms with Crippen molar-refractivity contribution >= 4 is 22.4 Å². The number of hydrogen-bond acceptors (Lipinski definition) is 2. The van der Waals surface area contributed by atoms with E-state index in [-0.39, 0.29) is 5.38 Å². The second-order valence-corrected chi connectivity index (χ2v) is 7.72. The average Bonchev–Trinajstić information content (AvgIpc) is 3.12. The van der Waals surface area contributed by atoms with Gasteiger partial charge in [0.1, 0.15) is 0 Å². The summed E-state index contributed by atoms with van der Waals surface area (Å²) in [7, 11) is 0. The van der Waals surface area contributed by atoms with Gasteiger partial charge in [-0.2, -0.15) is 0 Å². The van der Waals surface area contributed by atoms with Crippen LogP contribution in [0, 0.1) is 0 Å². The van der Waals surface area contributed by atoms with E-state index in [1.807, 2.05) is 6.92 Å². The van der Waals surface area contributed by atoms with Crippen LogP contribution in [0.3, 0.4) is 0 Å². The zero-order valence-corrected chi connectivity index (χ0v) is 15.0. The first kappa shape index (κ1) is 16.4. The summed E-state index contributed by atoms with van der Waals surface area (Å²) in [5, 5.41) is 2.30. The molecule has 0 aromatic heterocycles. The minimum atomic E-state index is -0.827. The van der Waals surface area contributed by atoms with E-state index in [2.05, 4.69) is 36.4 Å². The van der Waals surface area contributed by atoms with Crippen LogP contribution in [0.4, 0.5) is 0 Å². The first-order chi connectivity index (χ1) is 11.7. The Morgan fingerprint density at radius 1 is 0.958 bits per heavy atom. The van der Waals surface area contributed by atoms with Crippen molar-refractivity contribution in [3.63, 3.8) is 0 Å². The van der Waals surface area contributed by atoms with Crippen molar-refractivity contribution in [3.8, 4) is 0 Å². The quantitative estimate of drug-likeness (QED) is 0.663. The highest BCUT2D eigenvalue weighted by Gasteiger charge is 2.44. The Labute approximate surface area is 149 Å². The molecule has 2 aliphatic rings. The Morgan fingerprint density at radius 2 is 1.62 bits per heavy atom. The van der Waals surface area contributed by atoms with Crippen molar-refractivity contribution in [2.75, 3.05) is 13.2 Å². The molecule has 1 atom stereocenters. The largest absolute Gasteiger partial charge is 0.342 e. The molecule has 0 spiro atoms. The minimum Gasteiger partial charge on any atom is -0.342 e. The van der Waals surface area contributed by atoms with Crippen molar-refractivity contribution in [1.82, 2.24) is 0 Å². The molecule has 3 heteroatoms. The van der Waals surface area contributed by atoms with Gasteiger partial charge in [-0.3, -0.25) is 0 Å². The van der Waals surface area contributed by atoms with Gasteiger partial charge in [0.2, 0.25) is 5.79 Å². The molecule has 1 aliphatic carbocycles. The maximum absolute atomic E-state index is 6.51. The third kappa shape index (κ3) is 2.65. The summed E-state index contributed by atoms with van der Waals surface area (Å²) < 4.78 is 12.1. The summed E-state index contributed by atoms with van der Waals surface area (Å²) in [6.07, 6.45) is 6.66. The molecule has 1 saturated carbocycles. The standard InChI is InChI=1S/C21H25ClO2/c1-15(22)21(23-13-14-24-21)20-12-11-17(16-7-3-2-4-8-16)18-9-5-6-10-19(18)20/h5-6,9-12,15-16H,2-4,7-8,13-14H2,1H3/t15-/m1/s1. The van der Waals surface area contributed by atoms with Gasteiger partial charge in [-0.1, -0.05) is 55.7 Å². The van der Waals surface area contributed by atoms with Crippen LogP contribution >= 0.6 is 11.6 Å². The van der Waals surface area contributed by atoms with E-state index in [9.17, 15) is 0 Å². The fourth-order valence-corrected chi connectivity index (χ4v) is 4.67. The number of ether oxygens (including phenoxy) is 2. The molecule has 0 radical (unpaired) electrons. The Hall–Kier alpha value is -1.09. The van der Waals surface area contributed by atoms with E-state index in [0.29, 0.717) is 19.1 Å². The average molecular weight is 345 g/mol. The molecule has 2 nitrogen and oxygen atoms in total. The Bertz CT molecular complexity index is 713. The van der Waals surface area contributed by atoms with Crippen LogP contribution in [0.15, 0.2) is 36.4 Å². The normalized spacial score (nSPS) is 22.8. The third-order valence-electron chi connectivity index (χ3n) is 5.62. The van der Waals surface area contributed by atoms with Crippen LogP contribution in [0.2, 0.25) is 0 Å². The molecular weight excluding hydrogens is 320 g/mol. The van der Waals surface area contributed by atoms with Crippen LogP contribution < -0.4 is 0 Å². The van der Waals surface area contributed by atoms with Crippen molar-refractivity contribution < 1.29 is 9.47 Å². The van der Waals surface area contributed by atoms with Gasteiger partial charge in [0.25, 0.3) is 0 Å². The van der Waals surface area contributed by atoms with Gasteiger partial charge < -0.3 is 9.47 Å². The van der Waals surface area contributed by atoms with E-state index in [1.54, 1.807) is 0 Å². The van der Waals surface area contributed by atoms with Crippen molar-refractivity contribution in [1.29, 1.82) is 0 Å². The van der Waals surface area contributed by atoms with Crippen LogP contribution in [0.5, 0.6) is 0 Å². The predicted octanol–water partition coefficient (Wildman–Crippen LogP) is 5.71. The molecule has 1 heterocycles. The summed E-state index contributed by atoms with van der Waals surface area (Å²) in [4.78, 5) is 0. The van der Waals surface area contributed by atoms with E-state index in [0.717, 1.165) is 5.56 Å². The van der Waals surface area contributed by atoms with E-state index < -0.39 is 5.79 Å². The molecule has 2 aromatic rings. The molecule has 0 bridgehead atoms. The van der Waals surface area contributed by atoms with Crippen LogP contribution in [0.1, 0.15) is 56.1 Å². The van der Waals surface area contributed by atoms with Gasteiger partial charge in [0.15, 0.2) is 0 Å². The Kier molecular flexibility index (Phi) is 4.55. The molecule has 0 unspecified atom stereocenters. The SMILES string of the molecule is C[C@@H](Cl)C1(c2ccc(C3CCCCC3)c3ccccc23)OCCO1. The molecule has 128 valence electrons. The molecule has 0 amide bonds. The number of fused-ring (bicyclic) bond motifs is 1. The lowest BCUT2D eigenvalue weighted by atomic mass is 9.80. The molecule has 24 heavy (non-hydrogen) atoms. The predicted molar refractivity (Wildman–Crippen MR) is 98.7 cm³/mol. The van der Waals surface area contributed by atoms with Crippen LogP contribution in [-0.4, -0.2) is 18.6 Å². The monoisotopic (exact) mass is 344 g/mol. The second kappa shape index (κ2) is 6.67. The van der Waals surface area contributed by atoms with Gasteiger partial charge in [-0.05, 0) is 42.0 Å². The summed E-state index contributed by atoms with van der Waals surface area (Å²) in [6.45, 7) is 3.14. The third-order valence-corrected chi connectivity index (χ3v) is 5.91. The lowest BCUT2D eigenvalue weighted by Crippen LogP contribution is -2.36. The number of benzene rings is 2. The van der Waals surface area contributed by atoms with Crippen molar-refractivity contribution in [3.05, 3.63) is 47.5 Å². The number of halogens is 1. The zero-order valence-electron chi connectivity index (χ0n) is 14.3. The van der Waals surface area contributed by atoms with Gasteiger partial charge in [-0.25, -0.2) is 0 Å². The van der Waals surface area contributed by atoms with Gasteiger partial charge >= 0.3 is 0 Å². The summed E-state index contributed by atoms with van der Waals surface area (Å²) in [5.74, 6) is -0.154. The molecule has 1 saturated heterocycles. The van der Waals surface area contributed by atoms with Gasteiger partial charge in [0, 0.05) is 5.56 Å².